The Labute approximate surface area is 198 Å². The quantitative estimate of drug-likeness (QED) is 0.205. The molecule has 1 aromatic carbocycles. The summed E-state index contributed by atoms with van der Waals surface area (Å²) in [6, 6.07) is 8.73. The van der Waals surface area contributed by atoms with E-state index in [1.807, 2.05) is 68.2 Å². The first-order valence-electron chi connectivity index (χ1n) is 11.3. The van der Waals surface area contributed by atoms with Gasteiger partial charge in [0.25, 0.3) is 0 Å². The summed E-state index contributed by atoms with van der Waals surface area (Å²) in [6.45, 7) is 7.07. The van der Waals surface area contributed by atoms with Gasteiger partial charge in [-0.2, -0.15) is 5.26 Å². The Morgan fingerprint density at radius 1 is 1.24 bits per heavy atom. The maximum Gasteiger partial charge on any atom is 0.232 e. The average molecular weight is 468 g/mol. The molecule has 1 aliphatic rings. The van der Waals surface area contributed by atoms with Crippen LogP contribution < -0.4 is 4.72 Å². The minimum absolute atomic E-state index is 0.0305. The van der Waals surface area contributed by atoms with Crippen molar-refractivity contribution in [3.63, 3.8) is 0 Å². The van der Waals surface area contributed by atoms with Gasteiger partial charge < -0.3 is 0 Å². The van der Waals surface area contributed by atoms with Gasteiger partial charge in [0.1, 0.15) is 5.54 Å². The van der Waals surface area contributed by atoms with Crippen LogP contribution in [-0.2, 0) is 10.0 Å². The van der Waals surface area contributed by atoms with Gasteiger partial charge in [0.15, 0.2) is 5.78 Å². The molecule has 0 aromatic heterocycles. The van der Waals surface area contributed by atoms with Crippen molar-refractivity contribution in [1.82, 2.24) is 4.90 Å². The fraction of sp³-hybridized carbons (Fsp3) is 0.385. The Balaban J connectivity index is 2.51. The van der Waals surface area contributed by atoms with Gasteiger partial charge in [0, 0.05) is 17.6 Å². The van der Waals surface area contributed by atoms with E-state index in [2.05, 4.69) is 4.72 Å². The topological polar surface area (TPSA) is 90.3 Å². The summed E-state index contributed by atoms with van der Waals surface area (Å²) in [6.07, 6.45) is 15.6. The van der Waals surface area contributed by atoms with E-state index in [1.165, 1.54) is 6.08 Å². The Kier molecular flexibility index (Phi) is 9.83. The number of nitrogens with one attached hydrogen (secondary N) is 1. The highest BCUT2D eigenvalue weighted by Crippen LogP contribution is 2.37. The van der Waals surface area contributed by atoms with Crippen LogP contribution in [0.2, 0.25) is 0 Å². The Morgan fingerprint density at radius 3 is 2.64 bits per heavy atom. The molecule has 176 valence electrons. The number of benzene rings is 1. The fourth-order valence-electron chi connectivity index (χ4n) is 4.20. The third kappa shape index (κ3) is 6.31. The van der Waals surface area contributed by atoms with E-state index in [9.17, 15) is 13.2 Å². The number of sulfonamides is 1. The minimum Gasteiger partial charge on any atom is -0.292 e. The lowest BCUT2D eigenvalue weighted by Gasteiger charge is -2.44. The molecular weight excluding hydrogens is 434 g/mol. The number of anilines is 1. The van der Waals surface area contributed by atoms with Crippen LogP contribution in [0.1, 0.15) is 44.0 Å². The number of ketones is 1. The first-order valence-corrected chi connectivity index (χ1v) is 12.9. The van der Waals surface area contributed by atoms with Crippen LogP contribution in [0.15, 0.2) is 72.9 Å². The molecule has 0 aliphatic heterocycles. The van der Waals surface area contributed by atoms with E-state index in [-0.39, 0.29) is 23.1 Å². The molecule has 0 saturated carbocycles. The van der Waals surface area contributed by atoms with E-state index < -0.39 is 15.6 Å². The Bertz CT molecular complexity index is 1080. The fourth-order valence-corrected chi connectivity index (χ4v) is 5.36. The predicted octanol–water partition coefficient (Wildman–Crippen LogP) is 4.87. The first-order chi connectivity index (χ1) is 15.9. The van der Waals surface area contributed by atoms with Crippen LogP contribution in [0.3, 0.4) is 0 Å². The highest BCUT2D eigenvalue weighted by atomic mass is 32.2. The number of hydrogen-bond donors (Lipinski definition) is 1. The summed E-state index contributed by atoms with van der Waals surface area (Å²) in [7, 11) is -3.62. The van der Waals surface area contributed by atoms with E-state index in [4.69, 9.17) is 5.26 Å². The van der Waals surface area contributed by atoms with Crippen LogP contribution in [0.4, 0.5) is 5.69 Å². The summed E-state index contributed by atoms with van der Waals surface area (Å²) in [5.74, 6) is -0.622. The maximum absolute atomic E-state index is 14.2. The van der Waals surface area contributed by atoms with Crippen molar-refractivity contribution in [2.45, 2.75) is 39.2 Å². The number of nitriles is 1. The molecule has 1 aromatic rings. The molecule has 0 fully saturated rings. The van der Waals surface area contributed by atoms with Crippen LogP contribution in [0.5, 0.6) is 0 Å². The van der Waals surface area contributed by atoms with E-state index in [0.717, 1.165) is 0 Å². The van der Waals surface area contributed by atoms with Gasteiger partial charge in [-0.15, -0.1) is 0 Å². The van der Waals surface area contributed by atoms with E-state index >= 15 is 0 Å². The molecule has 6 nitrogen and oxygen atoms in total. The number of unbranched alkanes of at least 4 members (excludes halogenated alkanes) is 1. The monoisotopic (exact) mass is 467 g/mol. The molecule has 0 heterocycles. The summed E-state index contributed by atoms with van der Waals surface area (Å²) < 4.78 is 28.1. The minimum atomic E-state index is -3.62. The van der Waals surface area contributed by atoms with E-state index in [0.29, 0.717) is 31.5 Å². The highest BCUT2D eigenvalue weighted by Gasteiger charge is 2.47. The van der Waals surface area contributed by atoms with Crippen molar-refractivity contribution in [3.8, 4) is 6.07 Å². The van der Waals surface area contributed by atoms with Crippen LogP contribution in [-0.4, -0.2) is 43.5 Å². The van der Waals surface area contributed by atoms with Gasteiger partial charge in [0.2, 0.25) is 10.0 Å². The molecule has 0 bridgehead atoms. The number of Topliss-reactive ketones (excluding diaryl/α,β-unsaturated/α-hetero) is 1. The lowest BCUT2D eigenvalue weighted by molar-refractivity contribution is 0.0630. The molecule has 0 spiro atoms. The van der Waals surface area contributed by atoms with Crippen LogP contribution in [0.25, 0.3) is 0 Å². The maximum atomic E-state index is 14.2. The second-order valence-electron chi connectivity index (χ2n) is 7.76. The highest BCUT2D eigenvalue weighted by molar-refractivity contribution is 7.92. The second-order valence-corrected chi connectivity index (χ2v) is 9.60. The summed E-state index contributed by atoms with van der Waals surface area (Å²) in [4.78, 5) is 16.2. The summed E-state index contributed by atoms with van der Waals surface area (Å²) in [5, 5.41) is 9.09. The normalized spacial score (nSPS) is 20.5. The second kappa shape index (κ2) is 12.3. The molecule has 0 amide bonds. The van der Waals surface area contributed by atoms with Gasteiger partial charge >= 0.3 is 0 Å². The SMILES string of the molecule is C/C=C/CCCS(=O)(=O)Nc1ccccc1C(=O)C1(N(CC)CC)C=CC=CC1/C=C/C#N. The number of rotatable bonds is 12. The van der Waals surface area contributed by atoms with Crippen molar-refractivity contribution < 1.29 is 13.2 Å². The molecule has 33 heavy (non-hydrogen) atoms. The third-order valence-corrected chi connectivity index (χ3v) is 7.13. The zero-order chi connectivity index (χ0) is 24.3. The molecule has 2 rings (SSSR count). The largest absolute Gasteiger partial charge is 0.292 e. The number of hydrogen-bond acceptors (Lipinski definition) is 5. The van der Waals surface area contributed by atoms with Crippen molar-refractivity contribution in [1.29, 1.82) is 5.26 Å². The van der Waals surface area contributed by atoms with Gasteiger partial charge in [-0.3, -0.25) is 14.4 Å². The molecule has 1 aliphatic carbocycles. The lowest BCUT2D eigenvalue weighted by atomic mass is 9.73. The van der Waals surface area contributed by atoms with Gasteiger partial charge in [-0.25, -0.2) is 8.42 Å². The van der Waals surface area contributed by atoms with Gasteiger partial charge in [-0.05, 0) is 45.0 Å². The number of carbonyl (C=O) groups excluding carboxylic acids is 1. The molecule has 1 N–H and O–H groups in total. The smallest absolute Gasteiger partial charge is 0.232 e. The zero-order valence-electron chi connectivity index (χ0n) is 19.6. The third-order valence-electron chi connectivity index (χ3n) is 5.77. The Hall–Kier alpha value is -2.95. The standard InChI is InChI=1S/C26H33N3O3S/c1-4-7-8-13-21-33(31,32)28-24-18-10-9-17-23(24)25(30)26(29(5-2)6-3)19-12-11-15-22(26)16-14-20-27/h4,7,9-12,14-19,22,28H,5-6,8,13,21H2,1-3H3/b7-4+,16-14+. The molecule has 0 radical (unpaired) electrons. The molecule has 2 atom stereocenters. The predicted molar refractivity (Wildman–Crippen MR) is 134 cm³/mol. The number of allylic oxidation sites excluding steroid dienone is 5. The van der Waals surface area contributed by atoms with E-state index in [1.54, 1.807) is 30.3 Å². The molecular formula is C26H33N3O3S. The van der Waals surface area contributed by atoms with Gasteiger partial charge in [-0.1, -0.05) is 68.5 Å². The Morgan fingerprint density at radius 2 is 1.97 bits per heavy atom. The van der Waals surface area contributed by atoms with Crippen molar-refractivity contribution in [3.05, 3.63) is 78.4 Å². The van der Waals surface area contributed by atoms with Crippen molar-refractivity contribution in [2.75, 3.05) is 23.6 Å². The van der Waals surface area contributed by atoms with Crippen LogP contribution >= 0.6 is 0 Å². The molecule has 0 saturated heterocycles. The molecule has 2 unspecified atom stereocenters. The van der Waals surface area contributed by atoms with Crippen molar-refractivity contribution in [2.24, 2.45) is 5.92 Å². The summed E-state index contributed by atoms with van der Waals surface area (Å²) >= 11 is 0. The first kappa shape index (κ1) is 26.3. The lowest BCUT2D eigenvalue weighted by Crippen LogP contribution is -2.58. The number of para-hydroxylation sites is 1. The average Bonchev–Trinajstić information content (AvgIpc) is 2.81. The number of nitrogens with zero attached hydrogens (tertiary/aromatic N) is 2. The van der Waals surface area contributed by atoms with Gasteiger partial charge in [0.05, 0.1) is 17.5 Å². The van der Waals surface area contributed by atoms with Crippen molar-refractivity contribution >= 4 is 21.5 Å². The number of likely N-dealkylation sites (N-methyl/N-ethyl adjacent to an activating group) is 1. The number of carbonyl (C=O) groups is 1. The molecule has 7 heteroatoms. The zero-order valence-corrected chi connectivity index (χ0v) is 20.4. The summed E-state index contributed by atoms with van der Waals surface area (Å²) in [5.41, 5.74) is -0.498. The van der Waals surface area contributed by atoms with Crippen LogP contribution in [0, 0.1) is 17.2 Å².